The maximum Gasteiger partial charge on any atom is 0.410 e. The van der Waals surface area contributed by atoms with E-state index in [4.69, 9.17) is 10.00 Å². The summed E-state index contributed by atoms with van der Waals surface area (Å²) in [6, 6.07) is 20.5. The number of carbonyl (C=O) groups excluding carboxylic acids is 1. The van der Waals surface area contributed by atoms with Crippen LogP contribution in [0.2, 0.25) is 0 Å². The molecular weight excluding hydrogens is 336 g/mol. The molecule has 27 heavy (non-hydrogen) atoms. The second kappa shape index (κ2) is 7.67. The van der Waals surface area contributed by atoms with Gasteiger partial charge in [0.15, 0.2) is 0 Å². The van der Waals surface area contributed by atoms with Gasteiger partial charge in [-0.2, -0.15) is 5.26 Å². The molecule has 2 unspecified atom stereocenters. The van der Waals surface area contributed by atoms with Crippen LogP contribution in [-0.4, -0.2) is 23.1 Å². The van der Waals surface area contributed by atoms with Gasteiger partial charge in [-0.15, -0.1) is 0 Å². The Bertz CT molecular complexity index is 881. The molecule has 0 aromatic heterocycles. The Labute approximate surface area is 159 Å². The predicted octanol–water partition coefficient (Wildman–Crippen LogP) is 4.71. The summed E-state index contributed by atoms with van der Waals surface area (Å²) in [5.74, 6) is 0. The standard InChI is InChI=1S/C23H22N2O2/c24-13-12-17-6-8-19(9-7-17)20-14-21-10-11-22(15-20)25(21)23(26)27-16-18-4-2-1-3-5-18/h1-9,14,21-22H,10-12,15-16H2. The van der Waals surface area contributed by atoms with E-state index in [1.54, 1.807) is 0 Å². The Balaban J connectivity index is 1.44. The van der Waals surface area contributed by atoms with Gasteiger partial charge in [-0.3, -0.25) is 4.90 Å². The molecule has 2 atom stereocenters. The van der Waals surface area contributed by atoms with Crippen LogP contribution in [-0.2, 0) is 17.8 Å². The van der Waals surface area contributed by atoms with Crippen molar-refractivity contribution in [3.63, 3.8) is 0 Å². The van der Waals surface area contributed by atoms with E-state index in [1.807, 2.05) is 47.4 Å². The summed E-state index contributed by atoms with van der Waals surface area (Å²) in [6.07, 6.45) is 5.29. The normalized spacial score (nSPS) is 20.7. The number of amides is 1. The minimum Gasteiger partial charge on any atom is -0.445 e. The zero-order valence-electron chi connectivity index (χ0n) is 15.2. The first-order valence-electron chi connectivity index (χ1n) is 9.40. The summed E-state index contributed by atoms with van der Waals surface area (Å²) in [5.41, 5.74) is 4.51. The molecular formula is C23H22N2O2. The highest BCUT2D eigenvalue weighted by Gasteiger charge is 2.40. The van der Waals surface area contributed by atoms with Gasteiger partial charge in [-0.25, -0.2) is 4.79 Å². The Morgan fingerprint density at radius 1 is 1.07 bits per heavy atom. The molecule has 0 N–H and O–H groups in total. The van der Waals surface area contributed by atoms with Crippen molar-refractivity contribution in [2.24, 2.45) is 0 Å². The summed E-state index contributed by atoms with van der Waals surface area (Å²) in [4.78, 5) is 14.5. The Morgan fingerprint density at radius 2 is 1.85 bits per heavy atom. The van der Waals surface area contributed by atoms with Gasteiger partial charge < -0.3 is 4.74 Å². The highest BCUT2D eigenvalue weighted by atomic mass is 16.6. The van der Waals surface area contributed by atoms with Gasteiger partial charge in [0.05, 0.1) is 18.5 Å². The quantitative estimate of drug-likeness (QED) is 0.795. The van der Waals surface area contributed by atoms with Crippen molar-refractivity contribution in [3.05, 3.63) is 77.4 Å². The molecule has 4 nitrogen and oxygen atoms in total. The summed E-state index contributed by atoms with van der Waals surface area (Å²) in [6.45, 7) is 0.312. The number of carbonyl (C=O) groups is 1. The minimum absolute atomic E-state index is 0.112. The van der Waals surface area contributed by atoms with Crippen molar-refractivity contribution in [2.75, 3.05) is 0 Å². The van der Waals surface area contributed by atoms with Crippen molar-refractivity contribution in [3.8, 4) is 6.07 Å². The minimum atomic E-state index is -0.217. The molecule has 136 valence electrons. The zero-order chi connectivity index (χ0) is 18.6. The fourth-order valence-corrected chi connectivity index (χ4v) is 4.05. The number of rotatable bonds is 4. The Morgan fingerprint density at radius 3 is 2.56 bits per heavy atom. The molecule has 4 heteroatoms. The van der Waals surface area contributed by atoms with Gasteiger partial charge >= 0.3 is 6.09 Å². The monoisotopic (exact) mass is 358 g/mol. The molecule has 0 radical (unpaired) electrons. The third-order valence-electron chi connectivity index (χ3n) is 5.42. The van der Waals surface area contributed by atoms with Crippen LogP contribution in [0.5, 0.6) is 0 Å². The fraction of sp³-hybridized carbons (Fsp3) is 0.304. The van der Waals surface area contributed by atoms with Gasteiger partial charge in [-0.05, 0) is 41.5 Å². The molecule has 2 aromatic carbocycles. The fourth-order valence-electron chi connectivity index (χ4n) is 4.05. The summed E-state index contributed by atoms with van der Waals surface area (Å²) >= 11 is 0. The second-order valence-corrected chi connectivity index (χ2v) is 7.17. The van der Waals surface area contributed by atoms with Gasteiger partial charge in [0, 0.05) is 6.04 Å². The molecule has 2 heterocycles. The zero-order valence-corrected chi connectivity index (χ0v) is 15.2. The summed E-state index contributed by atoms with van der Waals surface area (Å²) in [5, 5.41) is 8.80. The van der Waals surface area contributed by atoms with E-state index in [2.05, 4.69) is 24.3 Å². The van der Waals surface area contributed by atoms with Crippen molar-refractivity contribution >= 4 is 11.7 Å². The highest BCUT2D eigenvalue weighted by molar-refractivity contribution is 5.75. The average Bonchev–Trinajstić information content (AvgIpc) is 2.97. The molecule has 0 saturated carbocycles. The molecule has 0 aliphatic carbocycles. The van der Waals surface area contributed by atoms with Crippen LogP contribution in [0.25, 0.3) is 5.57 Å². The lowest BCUT2D eigenvalue weighted by Crippen LogP contribution is -2.43. The van der Waals surface area contributed by atoms with Crippen LogP contribution in [0.4, 0.5) is 4.79 Å². The van der Waals surface area contributed by atoms with Crippen molar-refractivity contribution in [2.45, 2.75) is 44.4 Å². The van der Waals surface area contributed by atoms with Crippen LogP contribution in [0.3, 0.4) is 0 Å². The lowest BCUT2D eigenvalue weighted by atomic mass is 9.94. The molecule has 2 aliphatic rings. The number of nitriles is 1. The molecule has 4 rings (SSSR count). The first-order chi connectivity index (χ1) is 13.2. The van der Waals surface area contributed by atoms with Crippen LogP contribution in [0, 0.1) is 11.3 Å². The molecule has 1 saturated heterocycles. The van der Waals surface area contributed by atoms with E-state index in [-0.39, 0.29) is 18.2 Å². The first kappa shape index (κ1) is 17.4. The van der Waals surface area contributed by atoms with E-state index >= 15 is 0 Å². The predicted molar refractivity (Wildman–Crippen MR) is 104 cm³/mol. The number of nitrogens with zero attached hydrogens (tertiary/aromatic N) is 2. The van der Waals surface area contributed by atoms with Crippen molar-refractivity contribution in [1.82, 2.24) is 4.90 Å². The van der Waals surface area contributed by atoms with E-state index < -0.39 is 0 Å². The largest absolute Gasteiger partial charge is 0.445 e. The number of hydrogen-bond donors (Lipinski definition) is 0. The molecule has 1 fully saturated rings. The smallest absolute Gasteiger partial charge is 0.410 e. The topological polar surface area (TPSA) is 53.3 Å². The first-order valence-corrected chi connectivity index (χ1v) is 9.40. The van der Waals surface area contributed by atoms with Crippen LogP contribution in [0.1, 0.15) is 36.0 Å². The third-order valence-corrected chi connectivity index (χ3v) is 5.42. The third kappa shape index (κ3) is 3.73. The van der Waals surface area contributed by atoms with Crippen molar-refractivity contribution in [1.29, 1.82) is 5.26 Å². The highest BCUT2D eigenvalue weighted by Crippen LogP contribution is 2.39. The van der Waals surface area contributed by atoms with Crippen molar-refractivity contribution < 1.29 is 9.53 Å². The van der Waals surface area contributed by atoms with E-state index in [0.717, 1.165) is 30.4 Å². The van der Waals surface area contributed by atoms with E-state index in [0.29, 0.717) is 13.0 Å². The van der Waals surface area contributed by atoms with Gasteiger partial charge in [0.25, 0.3) is 0 Å². The summed E-state index contributed by atoms with van der Waals surface area (Å²) < 4.78 is 5.56. The van der Waals surface area contributed by atoms with E-state index in [9.17, 15) is 4.79 Å². The number of hydrogen-bond acceptors (Lipinski definition) is 3. The summed E-state index contributed by atoms with van der Waals surface area (Å²) in [7, 11) is 0. The average molecular weight is 358 g/mol. The van der Waals surface area contributed by atoms with Gasteiger partial charge in [0.1, 0.15) is 6.61 Å². The maximum atomic E-state index is 12.6. The van der Waals surface area contributed by atoms with Gasteiger partial charge in [-0.1, -0.05) is 60.7 Å². The Kier molecular flexibility index (Phi) is 4.93. The Hall–Kier alpha value is -3.06. The number of ether oxygens (including phenoxy) is 1. The lowest BCUT2D eigenvalue weighted by molar-refractivity contribution is 0.0832. The molecule has 2 aliphatic heterocycles. The molecule has 2 bridgehead atoms. The lowest BCUT2D eigenvalue weighted by Gasteiger charge is -2.33. The molecule has 1 amide bonds. The maximum absolute atomic E-state index is 12.6. The SMILES string of the molecule is N#CCc1ccc(C2=CC3CCC(C2)N3C(=O)OCc2ccccc2)cc1. The van der Waals surface area contributed by atoms with Crippen LogP contribution >= 0.6 is 0 Å². The van der Waals surface area contributed by atoms with Gasteiger partial charge in [0.2, 0.25) is 0 Å². The number of fused-ring (bicyclic) bond motifs is 2. The number of benzene rings is 2. The van der Waals surface area contributed by atoms with Crippen LogP contribution in [0.15, 0.2) is 60.7 Å². The molecule has 2 aromatic rings. The second-order valence-electron chi connectivity index (χ2n) is 7.17. The molecule has 0 spiro atoms. The van der Waals surface area contributed by atoms with Crippen LogP contribution < -0.4 is 0 Å². The van der Waals surface area contributed by atoms with E-state index in [1.165, 1.54) is 11.1 Å².